The van der Waals surface area contributed by atoms with Crippen molar-refractivity contribution < 1.29 is 14.3 Å². The molecule has 1 unspecified atom stereocenters. The van der Waals surface area contributed by atoms with Crippen molar-refractivity contribution in [2.45, 2.75) is 6.10 Å². The van der Waals surface area contributed by atoms with Crippen LogP contribution in [-0.4, -0.2) is 43.4 Å². The second-order valence-electron chi connectivity index (χ2n) is 5.26. The summed E-state index contributed by atoms with van der Waals surface area (Å²) in [5.74, 6) is -0.417. The molecule has 2 aromatic rings. The Kier molecular flexibility index (Phi) is 4.85. The molecule has 1 aromatic carbocycles. The zero-order chi connectivity index (χ0) is 16.1. The lowest BCUT2D eigenvalue weighted by molar-refractivity contribution is -0.0855. The highest BCUT2D eigenvalue weighted by Gasteiger charge is 2.17. The van der Waals surface area contributed by atoms with Crippen LogP contribution < -0.4 is 10.9 Å². The van der Waals surface area contributed by atoms with E-state index in [1.807, 2.05) is 30.3 Å². The number of benzene rings is 1. The van der Waals surface area contributed by atoms with Crippen LogP contribution in [0.25, 0.3) is 11.3 Å². The van der Waals surface area contributed by atoms with Crippen molar-refractivity contribution >= 4 is 5.91 Å². The van der Waals surface area contributed by atoms with E-state index >= 15 is 0 Å². The Bertz CT molecular complexity index is 721. The Balaban J connectivity index is 1.68. The highest BCUT2D eigenvalue weighted by atomic mass is 16.6. The van der Waals surface area contributed by atoms with E-state index in [4.69, 9.17) is 9.47 Å². The van der Waals surface area contributed by atoms with E-state index in [-0.39, 0.29) is 11.7 Å². The minimum atomic E-state index is -0.417. The summed E-state index contributed by atoms with van der Waals surface area (Å²) >= 11 is 0. The molecule has 1 atom stereocenters. The summed E-state index contributed by atoms with van der Waals surface area (Å²) in [6.07, 6.45) is -0.171. The van der Waals surface area contributed by atoms with Gasteiger partial charge in [0.2, 0.25) is 0 Å². The summed E-state index contributed by atoms with van der Waals surface area (Å²) < 4.78 is 10.7. The van der Waals surface area contributed by atoms with Crippen molar-refractivity contribution in [3.8, 4) is 11.3 Å². The van der Waals surface area contributed by atoms with Gasteiger partial charge in [0.05, 0.1) is 25.9 Å². The molecule has 6 nitrogen and oxygen atoms in total. The number of hydrogen-bond acceptors (Lipinski definition) is 4. The van der Waals surface area contributed by atoms with Gasteiger partial charge in [0.25, 0.3) is 11.5 Å². The molecule has 1 amide bonds. The third kappa shape index (κ3) is 3.85. The van der Waals surface area contributed by atoms with Gasteiger partial charge in [0, 0.05) is 12.2 Å². The maximum absolute atomic E-state index is 12.1. The average Bonchev–Trinajstić information content (AvgIpc) is 2.61. The van der Waals surface area contributed by atoms with E-state index in [0.717, 1.165) is 5.56 Å². The van der Waals surface area contributed by atoms with Crippen LogP contribution in [0.5, 0.6) is 0 Å². The van der Waals surface area contributed by atoms with Crippen molar-refractivity contribution in [1.82, 2.24) is 10.3 Å². The zero-order valence-electron chi connectivity index (χ0n) is 12.6. The van der Waals surface area contributed by atoms with Crippen LogP contribution in [0.15, 0.2) is 47.3 Å². The Hall–Kier alpha value is -2.44. The van der Waals surface area contributed by atoms with Gasteiger partial charge in [0.1, 0.15) is 5.56 Å². The number of amides is 1. The molecule has 1 fully saturated rings. The van der Waals surface area contributed by atoms with Crippen LogP contribution in [0, 0.1) is 0 Å². The van der Waals surface area contributed by atoms with E-state index in [2.05, 4.69) is 10.3 Å². The van der Waals surface area contributed by atoms with Gasteiger partial charge in [-0.3, -0.25) is 9.59 Å². The third-order valence-electron chi connectivity index (χ3n) is 3.61. The zero-order valence-corrected chi connectivity index (χ0v) is 12.6. The van der Waals surface area contributed by atoms with E-state index < -0.39 is 11.5 Å². The Morgan fingerprint density at radius 1 is 1.17 bits per heavy atom. The van der Waals surface area contributed by atoms with Crippen LogP contribution in [0.1, 0.15) is 10.4 Å². The quantitative estimate of drug-likeness (QED) is 0.888. The standard InChI is InChI=1S/C17H18N2O4/c20-16(18-10-13-11-22-8-9-23-13)14-6-7-15(19-17(14)21)12-4-2-1-3-5-12/h1-7,13H,8-11H2,(H,18,20)(H,19,21). The van der Waals surface area contributed by atoms with E-state index in [1.54, 1.807) is 6.07 Å². The van der Waals surface area contributed by atoms with Gasteiger partial charge in [-0.1, -0.05) is 30.3 Å². The maximum Gasteiger partial charge on any atom is 0.261 e. The molecule has 0 aliphatic carbocycles. The fourth-order valence-corrected chi connectivity index (χ4v) is 2.39. The summed E-state index contributed by atoms with van der Waals surface area (Å²) in [7, 11) is 0. The predicted molar refractivity (Wildman–Crippen MR) is 85.4 cm³/mol. The molecule has 0 radical (unpaired) electrons. The summed E-state index contributed by atoms with van der Waals surface area (Å²) in [4.78, 5) is 27.0. The van der Waals surface area contributed by atoms with Crippen molar-refractivity contribution in [3.05, 3.63) is 58.4 Å². The molecule has 0 spiro atoms. The SMILES string of the molecule is O=C(NCC1COCCO1)c1ccc(-c2ccccc2)[nH]c1=O. The third-order valence-corrected chi connectivity index (χ3v) is 3.61. The maximum atomic E-state index is 12.1. The van der Waals surface area contributed by atoms with Crippen LogP contribution in [0.2, 0.25) is 0 Å². The lowest BCUT2D eigenvalue weighted by Gasteiger charge is -2.22. The Morgan fingerprint density at radius 3 is 2.70 bits per heavy atom. The monoisotopic (exact) mass is 314 g/mol. The topological polar surface area (TPSA) is 80.4 Å². The molecule has 3 rings (SSSR count). The van der Waals surface area contributed by atoms with E-state index in [1.165, 1.54) is 6.07 Å². The second kappa shape index (κ2) is 7.21. The summed E-state index contributed by atoms with van der Waals surface area (Å²) in [5.41, 5.74) is 1.24. The lowest BCUT2D eigenvalue weighted by Crippen LogP contribution is -2.40. The van der Waals surface area contributed by atoms with Gasteiger partial charge in [-0.05, 0) is 17.7 Å². The molecule has 0 bridgehead atoms. The number of aromatic nitrogens is 1. The highest BCUT2D eigenvalue weighted by molar-refractivity contribution is 5.94. The van der Waals surface area contributed by atoms with Gasteiger partial charge in [0.15, 0.2) is 0 Å². The van der Waals surface area contributed by atoms with Gasteiger partial charge < -0.3 is 19.8 Å². The highest BCUT2D eigenvalue weighted by Crippen LogP contribution is 2.14. The Morgan fingerprint density at radius 2 is 2.00 bits per heavy atom. The summed E-state index contributed by atoms with van der Waals surface area (Å²) in [6.45, 7) is 1.86. The molecule has 6 heteroatoms. The molecule has 1 saturated heterocycles. The van der Waals surface area contributed by atoms with Gasteiger partial charge >= 0.3 is 0 Å². The van der Waals surface area contributed by atoms with Crippen molar-refractivity contribution in [3.63, 3.8) is 0 Å². The molecular weight excluding hydrogens is 296 g/mol. The number of rotatable bonds is 4. The Labute approximate surface area is 133 Å². The number of H-pyrrole nitrogens is 1. The first-order valence-corrected chi connectivity index (χ1v) is 7.50. The number of aromatic amines is 1. The average molecular weight is 314 g/mol. The van der Waals surface area contributed by atoms with Crippen LogP contribution in [0.4, 0.5) is 0 Å². The number of hydrogen-bond donors (Lipinski definition) is 2. The predicted octanol–water partition coefficient (Wildman–Crippen LogP) is 1.19. The van der Waals surface area contributed by atoms with Gasteiger partial charge in [-0.15, -0.1) is 0 Å². The first-order chi connectivity index (χ1) is 11.2. The number of carbonyl (C=O) groups is 1. The molecule has 1 aromatic heterocycles. The first-order valence-electron chi connectivity index (χ1n) is 7.50. The van der Waals surface area contributed by atoms with Crippen molar-refractivity contribution in [1.29, 1.82) is 0 Å². The van der Waals surface area contributed by atoms with Crippen molar-refractivity contribution in [2.24, 2.45) is 0 Å². The number of ether oxygens (including phenoxy) is 2. The fraction of sp³-hybridized carbons (Fsp3) is 0.294. The van der Waals surface area contributed by atoms with E-state index in [0.29, 0.717) is 32.1 Å². The normalized spacial score (nSPS) is 17.7. The summed E-state index contributed by atoms with van der Waals surface area (Å²) in [6, 6.07) is 12.7. The van der Waals surface area contributed by atoms with Crippen LogP contribution in [-0.2, 0) is 9.47 Å². The molecule has 1 aliphatic heterocycles. The van der Waals surface area contributed by atoms with E-state index in [9.17, 15) is 9.59 Å². The molecule has 120 valence electrons. The summed E-state index contributed by atoms with van der Waals surface area (Å²) in [5, 5.41) is 2.70. The molecule has 0 saturated carbocycles. The number of pyridine rings is 1. The van der Waals surface area contributed by atoms with Gasteiger partial charge in [-0.2, -0.15) is 0 Å². The largest absolute Gasteiger partial charge is 0.376 e. The fourth-order valence-electron chi connectivity index (χ4n) is 2.39. The van der Waals surface area contributed by atoms with Crippen molar-refractivity contribution in [2.75, 3.05) is 26.4 Å². The number of carbonyl (C=O) groups excluding carboxylic acids is 1. The molecular formula is C17H18N2O4. The second-order valence-corrected chi connectivity index (χ2v) is 5.26. The first kappa shape index (κ1) is 15.5. The molecule has 23 heavy (non-hydrogen) atoms. The van der Waals surface area contributed by atoms with Crippen LogP contribution >= 0.6 is 0 Å². The molecule has 2 N–H and O–H groups in total. The lowest BCUT2D eigenvalue weighted by atomic mass is 10.1. The minimum Gasteiger partial charge on any atom is -0.376 e. The number of nitrogens with one attached hydrogen (secondary N) is 2. The smallest absolute Gasteiger partial charge is 0.261 e. The molecule has 2 heterocycles. The molecule has 1 aliphatic rings. The minimum absolute atomic E-state index is 0.0846. The van der Waals surface area contributed by atoms with Crippen LogP contribution in [0.3, 0.4) is 0 Å². The van der Waals surface area contributed by atoms with Gasteiger partial charge in [-0.25, -0.2) is 0 Å².